The van der Waals surface area contributed by atoms with E-state index in [-0.39, 0.29) is 23.5 Å². The highest BCUT2D eigenvalue weighted by atomic mass is 32.2. The summed E-state index contributed by atoms with van der Waals surface area (Å²) in [7, 11) is 0. The molecule has 1 aromatic carbocycles. The number of halogens is 2. The molecule has 1 fully saturated rings. The molecule has 2 aromatic rings. The molecular formula is C16H19F2N5O2S. The topological polar surface area (TPSA) is 95.1 Å². The molecule has 1 amide bonds. The zero-order valence-corrected chi connectivity index (χ0v) is 14.7. The average molecular weight is 383 g/mol. The van der Waals surface area contributed by atoms with E-state index in [1.807, 2.05) is 0 Å². The number of nitrogens with zero attached hydrogens (tertiary/aromatic N) is 3. The van der Waals surface area contributed by atoms with Crippen LogP contribution >= 0.6 is 11.8 Å². The Hall–Kier alpha value is -2.36. The predicted octanol–water partition coefficient (Wildman–Crippen LogP) is 2.41. The Labute approximate surface area is 153 Å². The number of carbonyl (C=O) groups excluding carboxylic acids is 1. The Morgan fingerprint density at radius 3 is 2.65 bits per heavy atom. The number of hydrogen-bond donors (Lipinski definition) is 2. The summed E-state index contributed by atoms with van der Waals surface area (Å²) in [5.41, 5.74) is 0.601. The summed E-state index contributed by atoms with van der Waals surface area (Å²) in [6.45, 7) is -2.88. The number of ether oxygens (including phenoxy) is 1. The molecule has 26 heavy (non-hydrogen) atoms. The fourth-order valence-corrected chi connectivity index (χ4v) is 3.49. The molecule has 0 spiro atoms. The van der Waals surface area contributed by atoms with E-state index < -0.39 is 6.61 Å². The fraction of sp³-hybridized carbons (Fsp3) is 0.438. The molecule has 7 nitrogen and oxygen atoms in total. The maximum atomic E-state index is 12.2. The Morgan fingerprint density at radius 2 is 2.00 bits per heavy atom. The maximum Gasteiger partial charge on any atom is 0.387 e. The van der Waals surface area contributed by atoms with Crippen molar-refractivity contribution in [1.29, 1.82) is 0 Å². The second-order valence-corrected chi connectivity index (χ2v) is 6.86. The van der Waals surface area contributed by atoms with Crippen LogP contribution in [0.1, 0.15) is 25.7 Å². The van der Waals surface area contributed by atoms with Gasteiger partial charge in [0.15, 0.2) is 5.82 Å². The minimum Gasteiger partial charge on any atom is -0.435 e. The maximum absolute atomic E-state index is 12.2. The lowest BCUT2D eigenvalue weighted by Gasteiger charge is -2.11. The molecule has 1 aromatic heterocycles. The van der Waals surface area contributed by atoms with Gasteiger partial charge in [0.1, 0.15) is 5.75 Å². The van der Waals surface area contributed by atoms with Gasteiger partial charge in [-0.25, -0.2) is 4.68 Å². The largest absolute Gasteiger partial charge is 0.435 e. The van der Waals surface area contributed by atoms with E-state index in [1.165, 1.54) is 28.6 Å². The highest BCUT2D eigenvalue weighted by Gasteiger charge is 2.18. The lowest BCUT2D eigenvalue weighted by molar-refractivity contribution is -0.119. The number of nitrogens with two attached hydrogens (primary N) is 1. The highest BCUT2D eigenvalue weighted by Crippen LogP contribution is 2.24. The molecule has 0 bridgehead atoms. The van der Waals surface area contributed by atoms with Gasteiger partial charge in [-0.1, -0.05) is 24.6 Å². The zero-order valence-electron chi connectivity index (χ0n) is 13.9. The molecule has 3 N–H and O–H groups in total. The molecule has 140 valence electrons. The van der Waals surface area contributed by atoms with Gasteiger partial charge in [0.2, 0.25) is 11.1 Å². The second-order valence-electron chi connectivity index (χ2n) is 5.92. The van der Waals surface area contributed by atoms with Crippen LogP contribution in [-0.2, 0) is 4.79 Å². The fourth-order valence-electron chi connectivity index (χ4n) is 2.83. The molecule has 0 saturated heterocycles. The number of nitrogens with one attached hydrogen (secondary N) is 1. The highest BCUT2D eigenvalue weighted by molar-refractivity contribution is 7.99. The standard InChI is InChI=1S/C16H19F2N5O2S/c17-15(18)25-12-7-5-10(6-8-12)14-21-22-16(23(14)19)26-9-13(24)20-11-3-1-2-4-11/h5-8,11,15H,1-4,9,19H2,(H,20,24). The van der Waals surface area contributed by atoms with Crippen LogP contribution < -0.4 is 15.9 Å². The Bertz CT molecular complexity index is 748. The van der Waals surface area contributed by atoms with Gasteiger partial charge >= 0.3 is 6.61 Å². The van der Waals surface area contributed by atoms with Gasteiger partial charge in [-0.05, 0) is 37.1 Å². The van der Waals surface area contributed by atoms with Crippen LogP contribution in [0.2, 0.25) is 0 Å². The summed E-state index contributed by atoms with van der Waals surface area (Å²) in [4.78, 5) is 12.0. The molecule has 3 rings (SSSR count). The van der Waals surface area contributed by atoms with Gasteiger partial charge in [-0.2, -0.15) is 8.78 Å². The number of nitrogen functional groups attached to an aromatic ring is 1. The van der Waals surface area contributed by atoms with E-state index in [1.54, 1.807) is 12.1 Å². The van der Waals surface area contributed by atoms with Crippen molar-refractivity contribution in [3.63, 3.8) is 0 Å². The van der Waals surface area contributed by atoms with Crippen LogP contribution in [0, 0.1) is 0 Å². The van der Waals surface area contributed by atoms with E-state index in [0.29, 0.717) is 16.5 Å². The van der Waals surface area contributed by atoms with Gasteiger partial charge in [0.05, 0.1) is 5.75 Å². The number of alkyl halides is 2. The van der Waals surface area contributed by atoms with Gasteiger partial charge in [-0.15, -0.1) is 10.2 Å². The van der Waals surface area contributed by atoms with Crippen molar-refractivity contribution in [2.45, 2.75) is 43.5 Å². The lowest BCUT2D eigenvalue weighted by Crippen LogP contribution is -2.34. The van der Waals surface area contributed by atoms with Crippen molar-refractivity contribution >= 4 is 17.7 Å². The molecule has 10 heteroatoms. The molecule has 0 atom stereocenters. The summed E-state index contributed by atoms with van der Waals surface area (Å²) in [5.74, 6) is 6.55. The van der Waals surface area contributed by atoms with E-state index in [0.717, 1.165) is 25.7 Å². The number of aromatic nitrogens is 3. The first-order valence-electron chi connectivity index (χ1n) is 8.21. The first kappa shape index (κ1) is 18.4. The van der Waals surface area contributed by atoms with Crippen molar-refractivity contribution in [3.8, 4) is 17.1 Å². The van der Waals surface area contributed by atoms with Crippen molar-refractivity contribution in [2.24, 2.45) is 0 Å². The monoisotopic (exact) mass is 383 g/mol. The Morgan fingerprint density at radius 1 is 1.31 bits per heavy atom. The Kier molecular flexibility index (Phi) is 5.92. The summed E-state index contributed by atoms with van der Waals surface area (Å²) in [6, 6.07) is 6.19. The molecule has 1 heterocycles. The van der Waals surface area contributed by atoms with Gasteiger partial charge < -0.3 is 15.9 Å². The van der Waals surface area contributed by atoms with Crippen LogP contribution in [0.4, 0.5) is 8.78 Å². The number of carbonyl (C=O) groups is 1. The zero-order chi connectivity index (χ0) is 18.5. The average Bonchev–Trinajstić information content (AvgIpc) is 3.23. The molecule has 1 aliphatic rings. The summed E-state index contributed by atoms with van der Waals surface area (Å²) in [6.07, 6.45) is 4.36. The first-order chi connectivity index (χ1) is 12.5. The number of benzene rings is 1. The van der Waals surface area contributed by atoms with Gasteiger partial charge in [0, 0.05) is 11.6 Å². The smallest absolute Gasteiger partial charge is 0.387 e. The Balaban J connectivity index is 1.59. The molecule has 0 aliphatic heterocycles. The number of thioether (sulfide) groups is 1. The number of amides is 1. The van der Waals surface area contributed by atoms with Crippen LogP contribution in [0.3, 0.4) is 0 Å². The molecule has 1 aliphatic carbocycles. The van der Waals surface area contributed by atoms with Gasteiger partial charge in [-0.3, -0.25) is 4.79 Å². The first-order valence-corrected chi connectivity index (χ1v) is 9.19. The molecule has 0 radical (unpaired) electrons. The van der Waals surface area contributed by atoms with Crippen molar-refractivity contribution in [3.05, 3.63) is 24.3 Å². The quantitative estimate of drug-likeness (QED) is 0.563. The van der Waals surface area contributed by atoms with E-state index in [2.05, 4.69) is 20.3 Å². The number of rotatable bonds is 7. The van der Waals surface area contributed by atoms with E-state index in [4.69, 9.17) is 5.84 Å². The molecule has 1 saturated carbocycles. The van der Waals surface area contributed by atoms with Crippen molar-refractivity contribution in [2.75, 3.05) is 11.6 Å². The van der Waals surface area contributed by atoms with E-state index in [9.17, 15) is 13.6 Å². The third kappa shape index (κ3) is 4.63. The van der Waals surface area contributed by atoms with Crippen LogP contribution in [0.5, 0.6) is 5.75 Å². The summed E-state index contributed by atoms with van der Waals surface area (Å²) < 4.78 is 29.9. The number of hydrogen-bond acceptors (Lipinski definition) is 6. The SMILES string of the molecule is Nn1c(SCC(=O)NC2CCCC2)nnc1-c1ccc(OC(F)F)cc1. The molecule has 0 unspecified atom stereocenters. The van der Waals surface area contributed by atoms with Crippen LogP contribution in [-0.4, -0.2) is 39.2 Å². The predicted molar refractivity (Wildman–Crippen MR) is 93.4 cm³/mol. The molecular weight excluding hydrogens is 364 g/mol. The summed E-state index contributed by atoms with van der Waals surface area (Å²) >= 11 is 1.19. The normalized spacial score (nSPS) is 14.7. The summed E-state index contributed by atoms with van der Waals surface area (Å²) in [5, 5.41) is 11.4. The van der Waals surface area contributed by atoms with Gasteiger partial charge in [0.25, 0.3) is 0 Å². The van der Waals surface area contributed by atoms with Crippen molar-refractivity contribution in [1.82, 2.24) is 20.2 Å². The van der Waals surface area contributed by atoms with Crippen LogP contribution in [0.25, 0.3) is 11.4 Å². The van der Waals surface area contributed by atoms with Crippen LogP contribution in [0.15, 0.2) is 29.4 Å². The second kappa shape index (κ2) is 8.35. The minimum atomic E-state index is -2.88. The third-order valence-corrected chi connectivity index (χ3v) is 5.00. The minimum absolute atomic E-state index is 0.0463. The lowest BCUT2D eigenvalue weighted by atomic mass is 10.2. The van der Waals surface area contributed by atoms with Crippen molar-refractivity contribution < 1.29 is 18.3 Å². The van der Waals surface area contributed by atoms with E-state index >= 15 is 0 Å². The third-order valence-electron chi connectivity index (χ3n) is 4.05.